The predicted octanol–water partition coefficient (Wildman–Crippen LogP) is 4.63. The highest BCUT2D eigenvalue weighted by Gasteiger charge is 2.50. The van der Waals surface area contributed by atoms with Gasteiger partial charge in [0.25, 0.3) is 0 Å². The zero-order valence-electron chi connectivity index (χ0n) is 19.6. The molecule has 0 atom stereocenters. The van der Waals surface area contributed by atoms with E-state index in [1.165, 1.54) is 38.2 Å². The van der Waals surface area contributed by atoms with Gasteiger partial charge in [-0.1, -0.05) is 6.07 Å². The SMILES string of the molecule is CC(C)(Oc1cc(COCCN2CCOCC2)ccc1F)OC1C2CC3CC(C2)CC1C3. The molecule has 4 bridgehead atoms. The molecule has 0 spiro atoms. The average Bonchev–Trinajstić information content (AvgIpc) is 2.76. The van der Waals surface area contributed by atoms with Crippen LogP contribution in [0.15, 0.2) is 18.2 Å². The number of rotatable bonds is 9. The molecule has 5 fully saturated rings. The van der Waals surface area contributed by atoms with Crippen molar-refractivity contribution in [2.45, 2.75) is 64.4 Å². The van der Waals surface area contributed by atoms with Gasteiger partial charge in [-0.3, -0.25) is 4.90 Å². The van der Waals surface area contributed by atoms with Crippen LogP contribution in [0.25, 0.3) is 0 Å². The third-order valence-corrected chi connectivity index (χ3v) is 7.84. The largest absolute Gasteiger partial charge is 0.460 e. The molecular weight excluding hydrogens is 409 g/mol. The van der Waals surface area contributed by atoms with Crippen molar-refractivity contribution in [1.29, 1.82) is 0 Å². The minimum absolute atomic E-state index is 0.243. The van der Waals surface area contributed by atoms with Crippen molar-refractivity contribution in [2.24, 2.45) is 23.7 Å². The second-order valence-electron chi connectivity index (χ2n) is 10.8. The van der Waals surface area contributed by atoms with E-state index < -0.39 is 5.79 Å². The summed E-state index contributed by atoms with van der Waals surface area (Å²) in [6.07, 6.45) is 6.83. The summed E-state index contributed by atoms with van der Waals surface area (Å²) < 4.78 is 38.4. The van der Waals surface area contributed by atoms with E-state index in [2.05, 4.69) is 4.90 Å². The molecule has 178 valence electrons. The molecule has 1 aromatic rings. The lowest BCUT2D eigenvalue weighted by molar-refractivity contribution is -0.243. The first kappa shape index (κ1) is 22.6. The minimum atomic E-state index is -0.864. The van der Waals surface area contributed by atoms with Crippen molar-refractivity contribution in [3.63, 3.8) is 0 Å². The molecule has 5 nitrogen and oxygen atoms in total. The Morgan fingerprint density at radius 3 is 2.41 bits per heavy atom. The van der Waals surface area contributed by atoms with Crippen molar-refractivity contribution >= 4 is 0 Å². The van der Waals surface area contributed by atoms with Crippen LogP contribution in [0.4, 0.5) is 4.39 Å². The van der Waals surface area contributed by atoms with Crippen molar-refractivity contribution in [3.8, 4) is 5.75 Å². The summed E-state index contributed by atoms with van der Waals surface area (Å²) in [6.45, 7) is 9.31. The van der Waals surface area contributed by atoms with Crippen LogP contribution in [0, 0.1) is 29.5 Å². The fourth-order valence-corrected chi connectivity index (χ4v) is 6.61. The van der Waals surface area contributed by atoms with E-state index in [0.717, 1.165) is 50.2 Å². The van der Waals surface area contributed by atoms with Crippen molar-refractivity contribution in [1.82, 2.24) is 4.90 Å². The number of ether oxygens (including phenoxy) is 4. The molecule has 0 radical (unpaired) electrons. The van der Waals surface area contributed by atoms with Crippen LogP contribution in [0.2, 0.25) is 0 Å². The Morgan fingerprint density at radius 1 is 1.03 bits per heavy atom. The highest BCUT2D eigenvalue weighted by molar-refractivity contribution is 5.30. The summed E-state index contributed by atoms with van der Waals surface area (Å²) in [7, 11) is 0. The molecule has 5 aliphatic rings. The monoisotopic (exact) mass is 447 g/mol. The second-order valence-corrected chi connectivity index (χ2v) is 10.8. The summed E-state index contributed by atoms with van der Waals surface area (Å²) in [5.74, 6) is 2.11. The molecule has 0 amide bonds. The lowest BCUT2D eigenvalue weighted by Gasteiger charge is -2.55. The summed E-state index contributed by atoms with van der Waals surface area (Å²) in [5.41, 5.74) is 0.911. The van der Waals surface area contributed by atoms with Crippen LogP contribution in [0.1, 0.15) is 51.5 Å². The van der Waals surface area contributed by atoms with Crippen LogP contribution < -0.4 is 4.74 Å². The lowest BCUT2D eigenvalue weighted by Crippen LogP contribution is -2.52. The molecule has 4 saturated carbocycles. The molecule has 1 aliphatic heterocycles. The molecule has 0 unspecified atom stereocenters. The van der Waals surface area contributed by atoms with Gasteiger partial charge < -0.3 is 18.9 Å². The molecule has 6 heteroatoms. The molecule has 0 aromatic heterocycles. The van der Waals surface area contributed by atoms with Gasteiger partial charge >= 0.3 is 0 Å². The summed E-state index contributed by atoms with van der Waals surface area (Å²) in [6, 6.07) is 4.99. The molecule has 1 aromatic carbocycles. The maximum Gasteiger partial charge on any atom is 0.205 e. The van der Waals surface area contributed by atoms with Crippen LogP contribution in [0.5, 0.6) is 5.75 Å². The van der Waals surface area contributed by atoms with Crippen LogP contribution in [-0.4, -0.2) is 56.2 Å². The molecule has 1 saturated heterocycles. The lowest BCUT2D eigenvalue weighted by atomic mass is 9.55. The number of hydrogen-bond acceptors (Lipinski definition) is 5. The van der Waals surface area contributed by atoms with E-state index in [9.17, 15) is 4.39 Å². The highest BCUT2D eigenvalue weighted by atomic mass is 19.1. The van der Waals surface area contributed by atoms with Gasteiger partial charge in [0.2, 0.25) is 5.79 Å². The Morgan fingerprint density at radius 2 is 1.72 bits per heavy atom. The Balaban J connectivity index is 1.14. The van der Waals surface area contributed by atoms with Crippen LogP contribution in [-0.2, 0) is 20.8 Å². The Labute approximate surface area is 191 Å². The average molecular weight is 448 g/mol. The molecule has 0 N–H and O–H groups in total. The van der Waals surface area contributed by atoms with E-state index in [4.69, 9.17) is 18.9 Å². The smallest absolute Gasteiger partial charge is 0.205 e. The highest BCUT2D eigenvalue weighted by Crippen LogP contribution is 2.55. The number of benzene rings is 1. The van der Waals surface area contributed by atoms with Gasteiger partial charge in [-0.2, -0.15) is 0 Å². The minimum Gasteiger partial charge on any atom is -0.460 e. The quantitative estimate of drug-likeness (QED) is 0.408. The molecular formula is C26H38FNO4. The normalized spacial score (nSPS) is 32.4. The Bertz CT molecular complexity index is 751. The summed E-state index contributed by atoms with van der Waals surface area (Å²) in [5, 5.41) is 0. The van der Waals surface area contributed by atoms with Crippen molar-refractivity contribution in [2.75, 3.05) is 39.5 Å². The third kappa shape index (κ3) is 5.30. The number of nitrogens with zero attached hydrogens (tertiary/aromatic N) is 1. The molecule has 32 heavy (non-hydrogen) atoms. The van der Waals surface area contributed by atoms with E-state index in [0.29, 0.717) is 25.0 Å². The number of halogens is 1. The first-order chi connectivity index (χ1) is 15.4. The second kappa shape index (κ2) is 9.57. The zero-order chi connectivity index (χ0) is 22.1. The van der Waals surface area contributed by atoms with E-state index in [-0.39, 0.29) is 17.7 Å². The van der Waals surface area contributed by atoms with E-state index in [1.807, 2.05) is 13.8 Å². The van der Waals surface area contributed by atoms with Gasteiger partial charge in [-0.05, 0) is 73.5 Å². The van der Waals surface area contributed by atoms with Gasteiger partial charge in [0.15, 0.2) is 11.6 Å². The third-order valence-electron chi connectivity index (χ3n) is 7.84. The maximum absolute atomic E-state index is 14.6. The van der Waals surface area contributed by atoms with Gasteiger partial charge in [0.1, 0.15) is 0 Å². The summed E-state index contributed by atoms with van der Waals surface area (Å²) in [4.78, 5) is 2.34. The maximum atomic E-state index is 14.6. The van der Waals surface area contributed by atoms with Crippen molar-refractivity contribution < 1.29 is 23.3 Å². The van der Waals surface area contributed by atoms with E-state index in [1.54, 1.807) is 12.1 Å². The van der Waals surface area contributed by atoms with Crippen LogP contribution >= 0.6 is 0 Å². The molecule has 6 rings (SSSR count). The molecule has 1 heterocycles. The van der Waals surface area contributed by atoms with Crippen molar-refractivity contribution in [3.05, 3.63) is 29.6 Å². The van der Waals surface area contributed by atoms with Crippen LogP contribution in [0.3, 0.4) is 0 Å². The number of morpholine rings is 1. The number of hydrogen-bond donors (Lipinski definition) is 0. The fraction of sp³-hybridized carbons (Fsp3) is 0.769. The van der Waals surface area contributed by atoms with E-state index >= 15 is 0 Å². The first-order valence-corrected chi connectivity index (χ1v) is 12.5. The predicted molar refractivity (Wildman–Crippen MR) is 120 cm³/mol. The van der Waals surface area contributed by atoms with Gasteiger partial charge in [0, 0.05) is 33.5 Å². The summed E-state index contributed by atoms with van der Waals surface area (Å²) >= 11 is 0. The van der Waals surface area contributed by atoms with Gasteiger partial charge in [-0.25, -0.2) is 4.39 Å². The standard InChI is InChI=1S/C26H38FNO4/c1-26(2,32-25-21-12-19-11-20(14-21)15-22(25)13-19)31-24-16-18(3-4-23(24)27)17-30-10-7-28-5-8-29-9-6-28/h3-4,16,19-22,25H,5-15,17H2,1-2H3. The topological polar surface area (TPSA) is 40.2 Å². The van der Waals surface area contributed by atoms with Gasteiger partial charge in [-0.15, -0.1) is 0 Å². The Hall–Kier alpha value is -1.21. The van der Waals surface area contributed by atoms with Gasteiger partial charge in [0.05, 0.1) is 32.5 Å². The zero-order valence-corrected chi connectivity index (χ0v) is 19.6. The fourth-order valence-electron chi connectivity index (χ4n) is 6.61. The molecule has 4 aliphatic carbocycles. The first-order valence-electron chi connectivity index (χ1n) is 12.5. The Kier molecular flexibility index (Phi) is 6.75.